The molecule has 0 aromatic heterocycles. The summed E-state index contributed by atoms with van der Waals surface area (Å²) in [6.07, 6.45) is 4.83. The molecule has 0 radical (unpaired) electrons. The fourth-order valence-electron chi connectivity index (χ4n) is 3.91. The molecule has 0 fully saturated rings. The lowest BCUT2D eigenvalue weighted by molar-refractivity contribution is -0.144. The summed E-state index contributed by atoms with van der Waals surface area (Å²) in [6.45, 7) is 9.84. The highest BCUT2D eigenvalue weighted by atomic mass is 16.7. The number of ether oxygens (including phenoxy) is 7. The minimum absolute atomic E-state index is 0.0633. The molecule has 0 N–H and O–H groups in total. The largest absolute Gasteiger partial charge is 0.513 e. The molecule has 12 heteroatoms. The van der Waals surface area contributed by atoms with Crippen LogP contribution in [0, 0.1) is 0 Å². The van der Waals surface area contributed by atoms with Gasteiger partial charge >= 0.3 is 30.0 Å². The Bertz CT molecular complexity index is 1360. The van der Waals surface area contributed by atoms with E-state index in [9.17, 15) is 24.0 Å². The van der Waals surface area contributed by atoms with Crippen molar-refractivity contribution in [1.82, 2.24) is 0 Å². The summed E-state index contributed by atoms with van der Waals surface area (Å²) in [4.78, 5) is 58.6. The van der Waals surface area contributed by atoms with Crippen molar-refractivity contribution in [2.24, 2.45) is 0 Å². The number of carbonyl (C=O) groups excluding carboxylic acids is 5. The van der Waals surface area contributed by atoms with Crippen molar-refractivity contribution in [2.75, 3.05) is 33.5 Å². The maximum Gasteiger partial charge on any atom is 0.513 e. The first-order valence-electron chi connectivity index (χ1n) is 15.3. The highest BCUT2D eigenvalue weighted by Gasteiger charge is 2.14. The summed E-state index contributed by atoms with van der Waals surface area (Å²) >= 11 is 0. The minimum atomic E-state index is -0.882. The first-order chi connectivity index (χ1) is 22.7. The first-order valence-corrected chi connectivity index (χ1v) is 15.3. The second-order valence-electron chi connectivity index (χ2n) is 10.1. The van der Waals surface area contributed by atoms with E-state index in [1.165, 1.54) is 31.4 Å². The Morgan fingerprint density at radius 1 is 0.745 bits per heavy atom. The van der Waals surface area contributed by atoms with E-state index in [1.54, 1.807) is 18.2 Å². The van der Waals surface area contributed by atoms with Gasteiger partial charge in [-0.05, 0) is 93.0 Å². The number of aryl methyl sites for hydroxylation is 1. The Labute approximate surface area is 274 Å². The van der Waals surface area contributed by atoms with E-state index in [0.717, 1.165) is 30.9 Å². The quantitative estimate of drug-likeness (QED) is 0.0382. The Morgan fingerprint density at radius 3 is 1.98 bits per heavy atom. The number of esters is 4. The first kappa shape index (κ1) is 38.1. The van der Waals surface area contributed by atoms with Crippen LogP contribution < -0.4 is 14.2 Å². The molecule has 12 nitrogen and oxygen atoms in total. The molecule has 0 heterocycles. The normalized spacial score (nSPS) is 10.3. The molecule has 0 atom stereocenters. The molecule has 254 valence electrons. The van der Waals surface area contributed by atoms with Crippen molar-refractivity contribution in [2.45, 2.75) is 58.3 Å². The lowest BCUT2D eigenvalue weighted by Gasteiger charge is -2.12. The molecular weight excluding hydrogens is 612 g/mol. The molecule has 0 saturated carbocycles. The van der Waals surface area contributed by atoms with Gasteiger partial charge in [-0.1, -0.05) is 20.1 Å². The molecule has 0 aliphatic heterocycles. The monoisotopic (exact) mass is 654 g/mol. The second-order valence-corrected chi connectivity index (χ2v) is 10.1. The number of unbranched alkanes of at least 4 members (excludes halogenated alkanes) is 4. The van der Waals surface area contributed by atoms with Crippen LogP contribution in [-0.4, -0.2) is 63.6 Å². The van der Waals surface area contributed by atoms with Gasteiger partial charge in [-0.3, -0.25) is 4.79 Å². The van der Waals surface area contributed by atoms with E-state index >= 15 is 0 Å². The SMILES string of the molecule is C=CC(=O)OCCCCOC(=O)Oc1ccc(OC(=O)c2ccc(OCCCCCCOC(=O)C(=C)CC(=O)OC)c(CC)c2)cc1. The lowest BCUT2D eigenvalue weighted by atomic mass is 10.1. The fourth-order valence-corrected chi connectivity index (χ4v) is 3.91. The van der Waals surface area contributed by atoms with Crippen LogP contribution in [-0.2, 0) is 39.8 Å². The standard InChI is InChI=1S/C35H42O12/c1-5-26-24-27(13-18-30(26)42-19-9-7-8-10-21-44-33(38)25(3)23-32(37)41-4)34(39)46-28-14-16-29(17-15-28)47-35(40)45-22-12-11-20-43-31(36)6-2/h6,13-18,24H,2-3,5,7-12,19-23H2,1,4H3. The van der Waals surface area contributed by atoms with Gasteiger partial charge in [-0.2, -0.15) is 0 Å². The highest BCUT2D eigenvalue weighted by molar-refractivity contribution is 5.93. The van der Waals surface area contributed by atoms with Crippen molar-refractivity contribution < 1.29 is 57.1 Å². The number of rotatable bonds is 21. The van der Waals surface area contributed by atoms with Crippen molar-refractivity contribution in [3.05, 3.63) is 78.4 Å². The zero-order chi connectivity index (χ0) is 34.4. The Morgan fingerprint density at radius 2 is 1.34 bits per heavy atom. The van der Waals surface area contributed by atoms with Crippen LogP contribution in [0.2, 0.25) is 0 Å². The summed E-state index contributed by atoms with van der Waals surface area (Å²) in [7, 11) is 1.24. The number of benzene rings is 2. The van der Waals surface area contributed by atoms with Gasteiger partial charge < -0.3 is 33.2 Å². The maximum absolute atomic E-state index is 12.8. The average Bonchev–Trinajstić information content (AvgIpc) is 3.07. The van der Waals surface area contributed by atoms with Crippen LogP contribution in [0.3, 0.4) is 0 Å². The molecule has 0 amide bonds. The molecule has 0 bridgehead atoms. The second kappa shape index (κ2) is 21.6. The topological polar surface area (TPSA) is 150 Å². The molecule has 2 aromatic rings. The van der Waals surface area contributed by atoms with E-state index in [2.05, 4.69) is 17.9 Å². The van der Waals surface area contributed by atoms with Crippen LogP contribution in [0.1, 0.15) is 67.8 Å². The smallest absolute Gasteiger partial charge is 0.493 e. The van der Waals surface area contributed by atoms with E-state index in [0.29, 0.717) is 43.6 Å². The molecule has 0 saturated heterocycles. The van der Waals surface area contributed by atoms with Gasteiger partial charge in [0.15, 0.2) is 0 Å². The van der Waals surface area contributed by atoms with E-state index < -0.39 is 30.0 Å². The predicted octanol–water partition coefficient (Wildman–Crippen LogP) is 6.09. The third kappa shape index (κ3) is 15.1. The summed E-state index contributed by atoms with van der Waals surface area (Å²) in [5, 5.41) is 0. The summed E-state index contributed by atoms with van der Waals surface area (Å²) in [5.74, 6) is -1.03. The van der Waals surface area contributed by atoms with Crippen molar-refractivity contribution in [1.29, 1.82) is 0 Å². The molecule has 2 aromatic carbocycles. The van der Waals surface area contributed by atoms with Gasteiger partial charge in [-0.15, -0.1) is 0 Å². The van der Waals surface area contributed by atoms with E-state index in [-0.39, 0.29) is 43.3 Å². The molecule has 0 aliphatic carbocycles. The lowest BCUT2D eigenvalue weighted by Crippen LogP contribution is -2.12. The Kier molecular flexibility index (Phi) is 17.5. The zero-order valence-electron chi connectivity index (χ0n) is 26.9. The van der Waals surface area contributed by atoms with Gasteiger partial charge in [0.05, 0.1) is 45.5 Å². The van der Waals surface area contributed by atoms with Gasteiger partial charge in [0.25, 0.3) is 0 Å². The average molecular weight is 655 g/mol. The van der Waals surface area contributed by atoms with Crippen LogP contribution in [0.4, 0.5) is 4.79 Å². The van der Waals surface area contributed by atoms with Gasteiger partial charge in [0, 0.05) is 11.6 Å². The molecular formula is C35H42O12. The number of methoxy groups -OCH3 is 1. The van der Waals surface area contributed by atoms with E-state index in [1.807, 2.05) is 6.92 Å². The third-order valence-electron chi connectivity index (χ3n) is 6.49. The number of hydrogen-bond acceptors (Lipinski definition) is 12. The van der Waals surface area contributed by atoms with Crippen molar-refractivity contribution >= 4 is 30.0 Å². The van der Waals surface area contributed by atoms with E-state index in [4.69, 9.17) is 28.4 Å². The summed E-state index contributed by atoms with van der Waals surface area (Å²) in [6, 6.07) is 11.1. The molecule has 47 heavy (non-hydrogen) atoms. The van der Waals surface area contributed by atoms with Gasteiger partial charge in [0.2, 0.25) is 0 Å². The fraction of sp³-hybridized carbons (Fsp3) is 0.400. The number of carbonyl (C=O) groups is 5. The third-order valence-corrected chi connectivity index (χ3v) is 6.49. The Hall–Kier alpha value is -5.13. The maximum atomic E-state index is 12.8. The van der Waals surface area contributed by atoms with Crippen LogP contribution >= 0.6 is 0 Å². The van der Waals surface area contributed by atoms with Crippen molar-refractivity contribution in [3.8, 4) is 17.2 Å². The van der Waals surface area contributed by atoms with Crippen LogP contribution in [0.15, 0.2) is 67.3 Å². The number of hydrogen-bond donors (Lipinski definition) is 0. The van der Waals surface area contributed by atoms with Gasteiger partial charge in [0.1, 0.15) is 17.2 Å². The molecule has 0 unspecified atom stereocenters. The Balaban J connectivity index is 1.69. The summed E-state index contributed by atoms with van der Waals surface area (Å²) < 4.78 is 36.0. The van der Waals surface area contributed by atoms with Crippen LogP contribution in [0.5, 0.6) is 17.2 Å². The predicted molar refractivity (Wildman–Crippen MR) is 170 cm³/mol. The molecule has 0 spiro atoms. The zero-order valence-corrected chi connectivity index (χ0v) is 26.9. The minimum Gasteiger partial charge on any atom is -0.493 e. The van der Waals surface area contributed by atoms with Gasteiger partial charge in [-0.25, -0.2) is 19.2 Å². The highest BCUT2D eigenvalue weighted by Crippen LogP contribution is 2.24. The molecule has 0 aliphatic rings. The van der Waals surface area contributed by atoms with Crippen LogP contribution in [0.25, 0.3) is 0 Å². The van der Waals surface area contributed by atoms with Crippen molar-refractivity contribution in [3.63, 3.8) is 0 Å². The summed E-state index contributed by atoms with van der Waals surface area (Å²) in [5.41, 5.74) is 1.29. The molecule has 2 rings (SSSR count).